The number of ether oxygens (including phenoxy) is 1. The highest BCUT2D eigenvalue weighted by molar-refractivity contribution is 8.00. The van der Waals surface area contributed by atoms with Gasteiger partial charge in [-0.15, -0.1) is 11.8 Å². The Morgan fingerprint density at radius 1 is 1.20 bits per heavy atom. The maximum absolute atomic E-state index is 12.1. The van der Waals surface area contributed by atoms with Crippen molar-refractivity contribution in [2.45, 2.75) is 4.90 Å². The Labute approximate surface area is 132 Å². The van der Waals surface area contributed by atoms with Crippen molar-refractivity contribution in [2.75, 3.05) is 12.9 Å². The molecule has 0 radical (unpaired) electrons. The molecule has 0 spiro atoms. The van der Waals surface area contributed by atoms with Gasteiger partial charge in [0.1, 0.15) is 5.75 Å². The lowest BCUT2D eigenvalue weighted by molar-refractivity contribution is 0.102. The molecule has 0 aromatic heterocycles. The number of methoxy groups -OCH3 is 1. The van der Waals surface area contributed by atoms with Gasteiger partial charge in [0.15, 0.2) is 5.78 Å². The molecule has 0 saturated carbocycles. The topological polar surface area (TPSA) is 26.3 Å². The fourth-order valence-corrected chi connectivity index (χ4v) is 2.99. The van der Waals surface area contributed by atoms with Crippen LogP contribution in [0.5, 0.6) is 5.75 Å². The first-order chi connectivity index (χ1) is 9.60. The minimum absolute atomic E-state index is 0.0135. The van der Waals surface area contributed by atoms with Crippen molar-refractivity contribution in [1.82, 2.24) is 0 Å². The predicted molar refractivity (Wildman–Crippen MR) is 84.5 cm³/mol. The fraction of sp³-hybridized carbons (Fsp3) is 0.133. The minimum atomic E-state index is 0.0135. The highest BCUT2D eigenvalue weighted by atomic mass is 35.5. The molecule has 0 unspecified atom stereocenters. The van der Waals surface area contributed by atoms with Gasteiger partial charge < -0.3 is 4.74 Å². The normalized spacial score (nSPS) is 10.3. The summed E-state index contributed by atoms with van der Waals surface area (Å²) in [4.78, 5) is 13.1. The van der Waals surface area contributed by atoms with Crippen molar-refractivity contribution < 1.29 is 9.53 Å². The Morgan fingerprint density at radius 3 is 2.65 bits per heavy atom. The van der Waals surface area contributed by atoms with Crippen LogP contribution in [-0.2, 0) is 0 Å². The molecule has 0 amide bonds. The van der Waals surface area contributed by atoms with E-state index in [2.05, 4.69) is 0 Å². The molecule has 2 nitrogen and oxygen atoms in total. The number of carbonyl (C=O) groups excluding carboxylic acids is 1. The summed E-state index contributed by atoms with van der Waals surface area (Å²) in [5.41, 5.74) is 0.574. The van der Waals surface area contributed by atoms with Crippen LogP contribution in [0.25, 0.3) is 0 Å². The average molecular weight is 327 g/mol. The van der Waals surface area contributed by atoms with Gasteiger partial charge in [0, 0.05) is 15.5 Å². The van der Waals surface area contributed by atoms with Gasteiger partial charge in [0.2, 0.25) is 0 Å². The van der Waals surface area contributed by atoms with E-state index in [-0.39, 0.29) is 5.78 Å². The van der Waals surface area contributed by atoms with Gasteiger partial charge in [0.05, 0.1) is 17.9 Å². The number of halogens is 2. The first-order valence-corrected chi connectivity index (χ1v) is 7.59. The van der Waals surface area contributed by atoms with Gasteiger partial charge in [-0.2, -0.15) is 0 Å². The number of ketones is 1. The maximum atomic E-state index is 12.1. The third kappa shape index (κ3) is 3.92. The summed E-state index contributed by atoms with van der Waals surface area (Å²) in [7, 11) is 1.54. The Kier molecular flexibility index (Phi) is 5.35. The number of benzene rings is 2. The second-order valence-corrected chi connectivity index (χ2v) is 5.91. The maximum Gasteiger partial charge on any atom is 0.173 e. The van der Waals surface area contributed by atoms with E-state index in [1.165, 1.54) is 18.9 Å². The number of rotatable bonds is 5. The second-order valence-electron chi connectivity index (χ2n) is 4.02. The second kappa shape index (κ2) is 7.02. The summed E-state index contributed by atoms with van der Waals surface area (Å²) in [5.74, 6) is 0.911. The van der Waals surface area contributed by atoms with Crippen LogP contribution < -0.4 is 4.74 Å². The largest absolute Gasteiger partial charge is 0.495 e. The summed E-state index contributed by atoms with van der Waals surface area (Å²) in [6.07, 6.45) is 0. The molecule has 2 rings (SSSR count). The van der Waals surface area contributed by atoms with E-state index in [1.807, 2.05) is 18.2 Å². The molecule has 0 saturated heterocycles. The van der Waals surface area contributed by atoms with E-state index in [1.54, 1.807) is 24.3 Å². The van der Waals surface area contributed by atoms with Crippen LogP contribution in [0.4, 0.5) is 0 Å². The molecule has 20 heavy (non-hydrogen) atoms. The smallest absolute Gasteiger partial charge is 0.173 e. The van der Waals surface area contributed by atoms with Gasteiger partial charge in [-0.1, -0.05) is 29.3 Å². The van der Waals surface area contributed by atoms with E-state index in [0.717, 1.165) is 4.90 Å². The Balaban J connectivity index is 2.03. The van der Waals surface area contributed by atoms with Crippen molar-refractivity contribution in [2.24, 2.45) is 0 Å². The van der Waals surface area contributed by atoms with Crippen LogP contribution in [0.3, 0.4) is 0 Å². The van der Waals surface area contributed by atoms with Crippen LogP contribution in [-0.4, -0.2) is 18.6 Å². The lowest BCUT2D eigenvalue weighted by Crippen LogP contribution is -2.02. The summed E-state index contributed by atoms with van der Waals surface area (Å²) >= 11 is 13.4. The molecular weight excluding hydrogens is 315 g/mol. The van der Waals surface area contributed by atoms with Crippen molar-refractivity contribution in [3.8, 4) is 5.75 Å². The summed E-state index contributed by atoms with van der Waals surface area (Å²) in [6, 6.07) is 12.5. The number of hydrogen-bond acceptors (Lipinski definition) is 3. The van der Waals surface area contributed by atoms with Crippen molar-refractivity contribution in [1.29, 1.82) is 0 Å². The highest BCUT2D eigenvalue weighted by Crippen LogP contribution is 2.27. The Morgan fingerprint density at radius 2 is 2.00 bits per heavy atom. The quantitative estimate of drug-likeness (QED) is 0.572. The van der Waals surface area contributed by atoms with Crippen LogP contribution in [0.15, 0.2) is 47.4 Å². The third-order valence-electron chi connectivity index (χ3n) is 2.64. The van der Waals surface area contributed by atoms with Gasteiger partial charge in [-0.05, 0) is 36.4 Å². The Bertz CT molecular complexity index is 629. The molecule has 0 bridgehead atoms. The first-order valence-electron chi connectivity index (χ1n) is 5.85. The van der Waals surface area contributed by atoms with E-state index in [4.69, 9.17) is 27.9 Å². The molecule has 0 fully saturated rings. The molecule has 0 aliphatic rings. The van der Waals surface area contributed by atoms with Crippen molar-refractivity contribution in [3.05, 3.63) is 58.1 Å². The van der Waals surface area contributed by atoms with E-state index < -0.39 is 0 Å². The molecule has 2 aromatic rings. The van der Waals surface area contributed by atoms with Crippen molar-refractivity contribution in [3.63, 3.8) is 0 Å². The summed E-state index contributed by atoms with van der Waals surface area (Å²) < 4.78 is 5.06. The van der Waals surface area contributed by atoms with Crippen molar-refractivity contribution >= 4 is 40.7 Å². The van der Waals surface area contributed by atoms with E-state index >= 15 is 0 Å². The Hall–Kier alpha value is -1.16. The van der Waals surface area contributed by atoms with Crippen LogP contribution in [0.1, 0.15) is 10.4 Å². The third-order valence-corrected chi connectivity index (χ3v) is 4.16. The molecule has 0 heterocycles. The lowest BCUT2D eigenvalue weighted by Gasteiger charge is -2.06. The van der Waals surface area contributed by atoms with E-state index in [0.29, 0.717) is 27.1 Å². The van der Waals surface area contributed by atoms with Gasteiger partial charge in [0.25, 0.3) is 0 Å². The number of hydrogen-bond donors (Lipinski definition) is 0. The van der Waals surface area contributed by atoms with Gasteiger partial charge >= 0.3 is 0 Å². The lowest BCUT2D eigenvalue weighted by atomic mass is 10.1. The monoisotopic (exact) mass is 326 g/mol. The van der Waals surface area contributed by atoms with Crippen LogP contribution >= 0.6 is 35.0 Å². The van der Waals surface area contributed by atoms with E-state index in [9.17, 15) is 4.79 Å². The molecule has 5 heteroatoms. The van der Waals surface area contributed by atoms with Crippen LogP contribution in [0.2, 0.25) is 10.0 Å². The summed E-state index contributed by atoms with van der Waals surface area (Å²) in [5, 5.41) is 1.10. The number of thioether (sulfide) groups is 1. The average Bonchev–Trinajstić information content (AvgIpc) is 2.44. The standard InChI is InChI=1S/C15H12Cl2O2S/c1-19-15-6-5-10(7-13(15)17)14(18)9-20-12-4-2-3-11(16)8-12/h2-8H,9H2,1H3. The number of Topliss-reactive ketones (excluding diaryl/α,β-unsaturated/α-hetero) is 1. The fourth-order valence-electron chi connectivity index (χ4n) is 1.63. The number of carbonyl (C=O) groups is 1. The van der Waals surface area contributed by atoms with Crippen LogP contribution in [0, 0.1) is 0 Å². The first kappa shape index (κ1) is 15.2. The SMILES string of the molecule is COc1ccc(C(=O)CSc2cccc(Cl)c2)cc1Cl. The predicted octanol–water partition coefficient (Wildman–Crippen LogP) is 4.98. The summed E-state index contributed by atoms with van der Waals surface area (Å²) in [6.45, 7) is 0. The zero-order valence-electron chi connectivity index (χ0n) is 10.7. The highest BCUT2D eigenvalue weighted by Gasteiger charge is 2.10. The minimum Gasteiger partial charge on any atom is -0.495 e. The molecule has 0 aliphatic heterocycles. The molecule has 0 atom stereocenters. The zero-order valence-corrected chi connectivity index (χ0v) is 13.1. The molecular formula is C15H12Cl2O2S. The zero-order chi connectivity index (χ0) is 14.5. The van der Waals surface area contributed by atoms with Gasteiger partial charge in [-0.25, -0.2) is 0 Å². The molecule has 104 valence electrons. The molecule has 0 aliphatic carbocycles. The molecule has 0 N–H and O–H groups in total. The molecule has 2 aromatic carbocycles. The van der Waals surface area contributed by atoms with Gasteiger partial charge in [-0.3, -0.25) is 4.79 Å².